The first kappa shape index (κ1) is 24.0. The maximum atomic E-state index is 6.16. The van der Waals surface area contributed by atoms with Crippen LogP contribution in [0.5, 0.6) is 11.5 Å². The van der Waals surface area contributed by atoms with Gasteiger partial charge in [0.25, 0.3) is 5.89 Å². The van der Waals surface area contributed by atoms with E-state index in [1.807, 2.05) is 49.4 Å². The van der Waals surface area contributed by atoms with Crippen molar-refractivity contribution in [1.82, 2.24) is 20.4 Å². The first-order valence-electron chi connectivity index (χ1n) is 10.9. The predicted octanol–water partition coefficient (Wildman–Crippen LogP) is 5.73. The molecule has 9 heteroatoms. The quantitative estimate of drug-likeness (QED) is 0.414. The second kappa shape index (κ2) is 10.0. The standard InChI is InChI=1S/C25H27ClN4O3S/c1-14(2)13-30-15(3)21(24-28-23(29-33-24)17-7-6-8-18(26)11-17)22(27-25(30)34)16-9-10-19(31-4)20(12-16)32-5/h6-12,14,22H,13H2,1-5H3,(H,27,34). The molecule has 0 radical (unpaired) electrons. The van der Waals surface area contributed by atoms with Crippen molar-refractivity contribution in [3.63, 3.8) is 0 Å². The predicted molar refractivity (Wildman–Crippen MR) is 137 cm³/mol. The van der Waals surface area contributed by atoms with E-state index < -0.39 is 0 Å². The molecule has 3 aromatic rings. The lowest BCUT2D eigenvalue weighted by atomic mass is 9.94. The maximum Gasteiger partial charge on any atom is 0.258 e. The number of aromatic nitrogens is 2. The van der Waals surface area contributed by atoms with Gasteiger partial charge in [0.05, 0.1) is 25.8 Å². The zero-order chi connectivity index (χ0) is 24.4. The van der Waals surface area contributed by atoms with E-state index in [2.05, 4.69) is 29.2 Å². The van der Waals surface area contributed by atoms with Crippen molar-refractivity contribution in [1.29, 1.82) is 0 Å². The molecule has 0 spiro atoms. The Balaban J connectivity index is 1.83. The van der Waals surface area contributed by atoms with Crippen LogP contribution in [0.3, 0.4) is 0 Å². The van der Waals surface area contributed by atoms with Crippen molar-refractivity contribution in [2.75, 3.05) is 20.8 Å². The van der Waals surface area contributed by atoms with Crippen LogP contribution < -0.4 is 14.8 Å². The van der Waals surface area contributed by atoms with Crippen molar-refractivity contribution < 1.29 is 14.0 Å². The molecule has 1 N–H and O–H groups in total. The number of benzene rings is 2. The van der Waals surface area contributed by atoms with Crippen molar-refractivity contribution in [3.8, 4) is 22.9 Å². The molecular formula is C25H27ClN4O3S. The van der Waals surface area contributed by atoms with Gasteiger partial charge in [-0.2, -0.15) is 4.98 Å². The van der Waals surface area contributed by atoms with Gasteiger partial charge in [0, 0.05) is 22.8 Å². The van der Waals surface area contributed by atoms with Gasteiger partial charge >= 0.3 is 0 Å². The fourth-order valence-corrected chi connectivity index (χ4v) is 4.52. The Kier molecular flexibility index (Phi) is 7.09. The number of ether oxygens (including phenoxy) is 2. The molecule has 1 aromatic heterocycles. The summed E-state index contributed by atoms with van der Waals surface area (Å²) in [6, 6.07) is 12.8. The number of rotatable bonds is 7. The van der Waals surface area contributed by atoms with E-state index in [4.69, 9.17) is 42.8 Å². The summed E-state index contributed by atoms with van der Waals surface area (Å²) in [5, 5.41) is 8.95. The SMILES string of the molecule is COc1ccc(C2NC(=S)N(CC(C)C)C(C)=C2c2nc(-c3cccc(Cl)c3)no2)cc1OC. The summed E-state index contributed by atoms with van der Waals surface area (Å²) in [4.78, 5) is 6.81. The Morgan fingerprint density at radius 2 is 1.91 bits per heavy atom. The molecule has 1 unspecified atom stereocenters. The minimum atomic E-state index is -0.316. The molecule has 1 aliphatic rings. The summed E-state index contributed by atoms with van der Waals surface area (Å²) in [5.74, 6) is 2.55. The summed E-state index contributed by atoms with van der Waals surface area (Å²) < 4.78 is 16.7. The van der Waals surface area contributed by atoms with E-state index in [0.29, 0.717) is 39.3 Å². The number of methoxy groups -OCH3 is 2. The largest absolute Gasteiger partial charge is 0.493 e. The zero-order valence-electron chi connectivity index (χ0n) is 19.8. The van der Waals surface area contributed by atoms with Crippen LogP contribution >= 0.6 is 23.8 Å². The third kappa shape index (κ3) is 4.74. The van der Waals surface area contributed by atoms with E-state index >= 15 is 0 Å². The number of nitrogens with zero attached hydrogens (tertiary/aromatic N) is 3. The molecule has 0 aliphatic carbocycles. The summed E-state index contributed by atoms with van der Waals surface area (Å²) >= 11 is 11.9. The number of thiocarbonyl (C=S) groups is 1. The number of halogens is 1. The molecule has 4 rings (SSSR count). The third-order valence-electron chi connectivity index (χ3n) is 5.62. The monoisotopic (exact) mass is 498 g/mol. The summed E-state index contributed by atoms with van der Waals surface area (Å²) in [7, 11) is 3.22. The van der Waals surface area contributed by atoms with Gasteiger partial charge in [0.2, 0.25) is 5.82 Å². The average molecular weight is 499 g/mol. The Bertz CT molecular complexity index is 1240. The van der Waals surface area contributed by atoms with Crippen molar-refractivity contribution in [2.24, 2.45) is 5.92 Å². The second-order valence-electron chi connectivity index (χ2n) is 8.43. The molecular weight excluding hydrogens is 472 g/mol. The molecule has 0 saturated heterocycles. The third-order valence-corrected chi connectivity index (χ3v) is 6.20. The minimum absolute atomic E-state index is 0.316. The molecule has 1 atom stereocenters. The fraction of sp³-hybridized carbons (Fsp3) is 0.320. The van der Waals surface area contributed by atoms with Crippen LogP contribution in [0, 0.1) is 5.92 Å². The van der Waals surface area contributed by atoms with E-state index in [1.54, 1.807) is 14.2 Å². The molecule has 0 fully saturated rings. The number of nitrogens with one attached hydrogen (secondary N) is 1. The van der Waals surface area contributed by atoms with Gasteiger partial charge < -0.3 is 24.2 Å². The highest BCUT2D eigenvalue weighted by atomic mass is 35.5. The van der Waals surface area contributed by atoms with Crippen LogP contribution in [0.2, 0.25) is 5.02 Å². The van der Waals surface area contributed by atoms with Gasteiger partial charge in [-0.05, 0) is 54.9 Å². The van der Waals surface area contributed by atoms with Crippen molar-refractivity contribution >= 4 is 34.5 Å². The minimum Gasteiger partial charge on any atom is -0.493 e. The van der Waals surface area contributed by atoms with Crippen LogP contribution in [-0.2, 0) is 0 Å². The number of hydrogen-bond acceptors (Lipinski definition) is 6. The van der Waals surface area contributed by atoms with Crippen LogP contribution in [0.4, 0.5) is 0 Å². The highest BCUT2D eigenvalue weighted by molar-refractivity contribution is 7.80. The molecule has 7 nitrogen and oxygen atoms in total. The van der Waals surface area contributed by atoms with Crippen LogP contribution in [0.25, 0.3) is 17.0 Å². The van der Waals surface area contributed by atoms with Gasteiger partial charge in [0.1, 0.15) is 0 Å². The smallest absolute Gasteiger partial charge is 0.258 e. The average Bonchev–Trinajstić information content (AvgIpc) is 3.30. The van der Waals surface area contributed by atoms with Crippen LogP contribution in [-0.4, -0.2) is 40.9 Å². The highest BCUT2D eigenvalue weighted by Crippen LogP contribution is 2.40. The topological polar surface area (TPSA) is 72.7 Å². The van der Waals surface area contributed by atoms with E-state index in [-0.39, 0.29) is 6.04 Å². The number of allylic oxidation sites excluding steroid dienone is 1. The van der Waals surface area contributed by atoms with Crippen LogP contribution in [0.15, 0.2) is 52.7 Å². The van der Waals surface area contributed by atoms with Gasteiger partial charge in [-0.25, -0.2) is 0 Å². The molecule has 34 heavy (non-hydrogen) atoms. The van der Waals surface area contributed by atoms with E-state index in [0.717, 1.165) is 28.9 Å². The van der Waals surface area contributed by atoms with Gasteiger partial charge in [-0.3, -0.25) is 0 Å². The summed E-state index contributed by atoms with van der Waals surface area (Å²) in [6.45, 7) is 7.09. The summed E-state index contributed by atoms with van der Waals surface area (Å²) in [6.07, 6.45) is 0. The lowest BCUT2D eigenvalue weighted by Crippen LogP contribution is -2.47. The molecule has 1 aliphatic heterocycles. The maximum absolute atomic E-state index is 6.16. The molecule has 0 amide bonds. The molecule has 2 aromatic carbocycles. The summed E-state index contributed by atoms with van der Waals surface area (Å²) in [5.41, 5.74) is 3.52. The van der Waals surface area contributed by atoms with Crippen LogP contribution in [0.1, 0.15) is 38.3 Å². The van der Waals surface area contributed by atoms with Gasteiger partial charge in [-0.15, -0.1) is 0 Å². The first-order valence-corrected chi connectivity index (χ1v) is 11.7. The lowest BCUT2D eigenvalue weighted by Gasteiger charge is -2.38. The van der Waals surface area contributed by atoms with Crippen molar-refractivity contribution in [2.45, 2.75) is 26.8 Å². The Morgan fingerprint density at radius 3 is 2.59 bits per heavy atom. The molecule has 0 saturated carbocycles. The highest BCUT2D eigenvalue weighted by Gasteiger charge is 2.34. The van der Waals surface area contributed by atoms with Crippen molar-refractivity contribution in [3.05, 3.63) is 64.6 Å². The number of hydrogen-bond donors (Lipinski definition) is 1. The molecule has 0 bridgehead atoms. The van der Waals surface area contributed by atoms with E-state index in [9.17, 15) is 0 Å². The Morgan fingerprint density at radius 1 is 1.15 bits per heavy atom. The zero-order valence-corrected chi connectivity index (χ0v) is 21.3. The first-order chi connectivity index (χ1) is 16.3. The lowest BCUT2D eigenvalue weighted by molar-refractivity contribution is 0.354. The van der Waals surface area contributed by atoms with Gasteiger partial charge in [-0.1, -0.05) is 48.8 Å². The second-order valence-corrected chi connectivity index (χ2v) is 9.26. The van der Waals surface area contributed by atoms with Gasteiger partial charge in [0.15, 0.2) is 16.6 Å². The fourth-order valence-electron chi connectivity index (χ4n) is 4.00. The Hall–Kier alpha value is -3.10. The molecule has 2 heterocycles. The Labute approximate surface area is 209 Å². The molecule has 178 valence electrons. The van der Waals surface area contributed by atoms with E-state index in [1.165, 1.54) is 0 Å². The normalized spacial score (nSPS) is 16.1.